The molecular weight excluding hydrogens is 251 g/mol. The van der Waals surface area contributed by atoms with E-state index in [1.165, 1.54) is 38.5 Å². The molecule has 0 bridgehead atoms. The summed E-state index contributed by atoms with van der Waals surface area (Å²) < 4.78 is 29.3. The Morgan fingerprint density at radius 1 is 0.812 bits per heavy atom. The van der Waals surface area contributed by atoms with Crippen molar-refractivity contribution in [3.05, 3.63) is 0 Å². The van der Waals surface area contributed by atoms with Gasteiger partial charge >= 0.3 is 0 Å². The van der Waals surface area contributed by atoms with Gasteiger partial charge in [0.1, 0.15) is 0 Å². The van der Waals surface area contributed by atoms with Crippen molar-refractivity contribution in [2.45, 2.75) is 64.7 Å². The minimum atomic E-state index is -3.73. The molecule has 0 atom stereocenters. The summed E-state index contributed by atoms with van der Waals surface area (Å²) in [4.78, 5) is 0. The van der Waals surface area contributed by atoms with Gasteiger partial charge in [-0.2, -0.15) is 8.42 Å². The van der Waals surface area contributed by atoms with Gasteiger partial charge in [-0.25, -0.2) is 0 Å². The molecular formula is C11H24KO3S. The molecule has 1 N–H and O–H groups in total. The second kappa shape index (κ2) is 13.0. The maximum absolute atomic E-state index is 10.4. The Morgan fingerprint density at radius 2 is 1.19 bits per heavy atom. The molecule has 0 amide bonds. The van der Waals surface area contributed by atoms with Crippen LogP contribution in [-0.2, 0) is 10.1 Å². The topological polar surface area (TPSA) is 54.4 Å². The molecule has 0 unspecified atom stereocenters. The third-order valence-corrected chi connectivity index (χ3v) is 3.31. The van der Waals surface area contributed by atoms with E-state index in [1.807, 2.05) is 0 Å². The predicted octanol–water partition coefficient (Wildman–Crippen LogP) is 3.02. The molecule has 0 fully saturated rings. The van der Waals surface area contributed by atoms with Crippen LogP contribution >= 0.6 is 0 Å². The summed E-state index contributed by atoms with van der Waals surface area (Å²) in [5, 5.41) is 0. The van der Waals surface area contributed by atoms with Gasteiger partial charge in [0.2, 0.25) is 0 Å². The maximum Gasteiger partial charge on any atom is 0.264 e. The Morgan fingerprint density at radius 3 is 1.56 bits per heavy atom. The van der Waals surface area contributed by atoms with Gasteiger partial charge in [-0.3, -0.25) is 4.55 Å². The average Bonchev–Trinajstić information content (AvgIpc) is 2.14. The molecule has 0 heterocycles. The van der Waals surface area contributed by atoms with Crippen LogP contribution in [0.1, 0.15) is 64.7 Å². The minimum Gasteiger partial charge on any atom is -0.286 e. The van der Waals surface area contributed by atoms with Crippen molar-refractivity contribution in [2.24, 2.45) is 0 Å². The van der Waals surface area contributed by atoms with Crippen molar-refractivity contribution >= 4 is 61.5 Å². The van der Waals surface area contributed by atoms with E-state index in [2.05, 4.69) is 6.92 Å². The molecule has 0 rings (SSSR count). The van der Waals surface area contributed by atoms with E-state index in [0.717, 1.165) is 12.8 Å². The fourth-order valence-electron chi connectivity index (χ4n) is 1.60. The second-order valence-corrected chi connectivity index (χ2v) is 5.69. The third-order valence-electron chi connectivity index (χ3n) is 2.51. The van der Waals surface area contributed by atoms with Gasteiger partial charge in [-0.1, -0.05) is 58.3 Å². The first-order valence-electron chi connectivity index (χ1n) is 6.01. The summed E-state index contributed by atoms with van der Waals surface area (Å²) in [7, 11) is -3.73. The fourth-order valence-corrected chi connectivity index (χ4v) is 2.16. The molecule has 0 aliphatic carbocycles. The molecule has 0 saturated carbocycles. The molecule has 1 radical (unpaired) electrons. The summed E-state index contributed by atoms with van der Waals surface area (Å²) in [5.41, 5.74) is 0. The number of hydrogen-bond acceptors (Lipinski definition) is 2. The number of unbranched alkanes of at least 4 members (excludes halogenated alkanes) is 8. The van der Waals surface area contributed by atoms with Gasteiger partial charge in [0.15, 0.2) is 0 Å². The van der Waals surface area contributed by atoms with E-state index >= 15 is 0 Å². The molecule has 0 aromatic heterocycles. The summed E-state index contributed by atoms with van der Waals surface area (Å²) in [5.74, 6) is -0.0805. The first-order chi connectivity index (χ1) is 7.06. The van der Waals surface area contributed by atoms with E-state index in [9.17, 15) is 8.42 Å². The van der Waals surface area contributed by atoms with Crippen LogP contribution in [0.15, 0.2) is 0 Å². The summed E-state index contributed by atoms with van der Waals surface area (Å²) in [6.45, 7) is 2.20. The van der Waals surface area contributed by atoms with Crippen molar-refractivity contribution in [3.63, 3.8) is 0 Å². The van der Waals surface area contributed by atoms with Crippen molar-refractivity contribution in [1.82, 2.24) is 0 Å². The smallest absolute Gasteiger partial charge is 0.264 e. The zero-order valence-corrected chi connectivity index (χ0v) is 14.7. The Labute approximate surface area is 143 Å². The van der Waals surface area contributed by atoms with Crippen molar-refractivity contribution < 1.29 is 13.0 Å². The van der Waals surface area contributed by atoms with Gasteiger partial charge in [-0.15, -0.1) is 0 Å². The van der Waals surface area contributed by atoms with Crippen molar-refractivity contribution in [3.8, 4) is 0 Å². The van der Waals surface area contributed by atoms with Crippen molar-refractivity contribution in [2.75, 3.05) is 5.75 Å². The molecule has 0 aliphatic rings. The van der Waals surface area contributed by atoms with Crippen molar-refractivity contribution in [1.29, 1.82) is 0 Å². The Kier molecular flexibility index (Phi) is 16.1. The quantitative estimate of drug-likeness (QED) is 0.379. The van der Waals surface area contributed by atoms with E-state index in [-0.39, 0.29) is 57.1 Å². The molecule has 0 saturated heterocycles. The van der Waals surface area contributed by atoms with Crippen LogP contribution in [0.5, 0.6) is 0 Å². The molecule has 0 aromatic rings. The standard InChI is InChI=1S/C11H24O3S.K/c1-2-3-4-5-6-7-8-9-10-11-15(12,13)14;/h2-11H2,1H3,(H,12,13,14);. The minimum absolute atomic E-state index is 0. The first kappa shape index (κ1) is 19.9. The van der Waals surface area contributed by atoms with Crippen LogP contribution in [0.3, 0.4) is 0 Å². The summed E-state index contributed by atoms with van der Waals surface area (Å²) in [6.07, 6.45) is 10.2. The van der Waals surface area contributed by atoms with Gasteiger partial charge in [0.05, 0.1) is 5.75 Å². The van der Waals surface area contributed by atoms with Crippen LogP contribution in [0.25, 0.3) is 0 Å². The largest absolute Gasteiger partial charge is 0.286 e. The summed E-state index contributed by atoms with van der Waals surface area (Å²) in [6, 6.07) is 0. The second-order valence-electron chi connectivity index (χ2n) is 4.11. The van der Waals surface area contributed by atoms with Crippen LogP contribution in [0, 0.1) is 0 Å². The maximum atomic E-state index is 10.4. The average molecular weight is 275 g/mol. The SMILES string of the molecule is CCCCCCCCCCCS(=O)(=O)O.[K]. The molecule has 3 nitrogen and oxygen atoms in total. The molecule has 0 spiro atoms. The molecule has 5 heteroatoms. The Bertz CT molecular complexity index is 227. The Hall–Kier alpha value is 1.55. The molecule has 16 heavy (non-hydrogen) atoms. The predicted molar refractivity (Wildman–Crippen MR) is 69.4 cm³/mol. The van der Waals surface area contributed by atoms with Gasteiger partial charge in [0.25, 0.3) is 10.1 Å². The Balaban J connectivity index is 0. The van der Waals surface area contributed by atoms with Crippen LogP contribution < -0.4 is 0 Å². The molecule has 93 valence electrons. The number of rotatable bonds is 10. The normalized spacial score (nSPS) is 11.1. The third kappa shape index (κ3) is 17.9. The summed E-state index contributed by atoms with van der Waals surface area (Å²) >= 11 is 0. The molecule has 0 aromatic carbocycles. The number of hydrogen-bond donors (Lipinski definition) is 1. The first-order valence-corrected chi connectivity index (χ1v) is 7.62. The monoisotopic (exact) mass is 275 g/mol. The zero-order chi connectivity index (χ0) is 11.6. The van der Waals surface area contributed by atoms with Crippen LogP contribution in [0.4, 0.5) is 0 Å². The van der Waals surface area contributed by atoms with Gasteiger partial charge < -0.3 is 0 Å². The van der Waals surface area contributed by atoms with E-state index < -0.39 is 10.1 Å². The zero-order valence-electron chi connectivity index (χ0n) is 10.7. The van der Waals surface area contributed by atoms with Crippen LogP contribution in [-0.4, -0.2) is 70.1 Å². The fraction of sp³-hybridized carbons (Fsp3) is 1.00. The van der Waals surface area contributed by atoms with Gasteiger partial charge in [0, 0.05) is 51.4 Å². The van der Waals surface area contributed by atoms with E-state index in [0.29, 0.717) is 6.42 Å². The van der Waals surface area contributed by atoms with Gasteiger partial charge in [-0.05, 0) is 6.42 Å². The molecule has 0 aliphatic heterocycles. The van der Waals surface area contributed by atoms with E-state index in [1.54, 1.807) is 0 Å². The van der Waals surface area contributed by atoms with Crippen LogP contribution in [0.2, 0.25) is 0 Å². The van der Waals surface area contributed by atoms with E-state index in [4.69, 9.17) is 4.55 Å².